The van der Waals surface area contributed by atoms with Crippen LogP contribution in [0.1, 0.15) is 36.2 Å². The molecule has 148 valence electrons. The number of nitrogens with zero attached hydrogens (tertiary/aromatic N) is 1. The number of hydrogen-bond acceptors (Lipinski definition) is 5. The average Bonchev–Trinajstić information content (AvgIpc) is 2.71. The Morgan fingerprint density at radius 3 is 2.68 bits per heavy atom. The standard InChI is InChI=1S/C21H25N3O4/c1-14(2)20(25)24-19-13-16(7-9-22-19)21(26)23-8-3-4-15-5-6-17-18(12-15)28-11-10-27-17/h5-7,9,12-14H,3-4,8,10-11H2,1-2H3,(H,23,26)(H,22,24,25). The molecule has 2 aromatic rings. The van der Waals surface area contributed by atoms with Gasteiger partial charge in [0.1, 0.15) is 19.0 Å². The van der Waals surface area contributed by atoms with Crippen LogP contribution in [0.25, 0.3) is 0 Å². The van der Waals surface area contributed by atoms with Crippen LogP contribution in [0.15, 0.2) is 36.5 Å². The highest BCUT2D eigenvalue weighted by Gasteiger charge is 2.12. The van der Waals surface area contributed by atoms with Crippen molar-refractivity contribution in [3.8, 4) is 11.5 Å². The van der Waals surface area contributed by atoms with Gasteiger partial charge in [-0.25, -0.2) is 4.98 Å². The number of aromatic nitrogens is 1. The van der Waals surface area contributed by atoms with E-state index in [0.29, 0.717) is 31.1 Å². The normalized spacial score (nSPS) is 12.5. The van der Waals surface area contributed by atoms with Crippen LogP contribution in [0.5, 0.6) is 11.5 Å². The van der Waals surface area contributed by atoms with Crippen molar-refractivity contribution >= 4 is 17.6 Å². The highest BCUT2D eigenvalue weighted by molar-refractivity contribution is 5.96. The fourth-order valence-electron chi connectivity index (χ4n) is 2.75. The summed E-state index contributed by atoms with van der Waals surface area (Å²) in [6.45, 7) is 5.29. The first-order valence-corrected chi connectivity index (χ1v) is 9.46. The molecular weight excluding hydrogens is 358 g/mol. The van der Waals surface area contributed by atoms with Crippen molar-refractivity contribution in [3.05, 3.63) is 47.7 Å². The van der Waals surface area contributed by atoms with E-state index < -0.39 is 0 Å². The summed E-state index contributed by atoms with van der Waals surface area (Å²) in [6, 6.07) is 9.13. The number of pyridine rings is 1. The first-order chi connectivity index (χ1) is 13.5. The molecule has 0 fully saturated rings. The van der Waals surface area contributed by atoms with E-state index in [2.05, 4.69) is 15.6 Å². The predicted octanol–water partition coefficient (Wildman–Crippen LogP) is 2.81. The van der Waals surface area contributed by atoms with Crippen molar-refractivity contribution in [1.82, 2.24) is 10.3 Å². The Kier molecular flexibility index (Phi) is 6.47. The molecule has 28 heavy (non-hydrogen) atoms. The molecule has 7 nitrogen and oxygen atoms in total. The number of benzene rings is 1. The zero-order chi connectivity index (χ0) is 19.9. The Balaban J connectivity index is 1.47. The number of amides is 2. The smallest absolute Gasteiger partial charge is 0.251 e. The van der Waals surface area contributed by atoms with E-state index in [0.717, 1.165) is 29.9 Å². The molecule has 1 aromatic heterocycles. The highest BCUT2D eigenvalue weighted by atomic mass is 16.6. The Morgan fingerprint density at radius 1 is 1.11 bits per heavy atom. The molecule has 3 rings (SSSR count). The van der Waals surface area contributed by atoms with Gasteiger partial charge >= 0.3 is 0 Å². The van der Waals surface area contributed by atoms with Crippen molar-refractivity contribution in [2.24, 2.45) is 5.92 Å². The number of ether oxygens (including phenoxy) is 2. The summed E-state index contributed by atoms with van der Waals surface area (Å²) in [6.07, 6.45) is 3.14. The molecule has 0 atom stereocenters. The molecule has 1 aromatic carbocycles. The van der Waals surface area contributed by atoms with Crippen molar-refractivity contribution in [2.45, 2.75) is 26.7 Å². The minimum absolute atomic E-state index is 0.135. The Morgan fingerprint density at radius 2 is 1.89 bits per heavy atom. The van der Waals surface area contributed by atoms with Gasteiger partial charge in [-0.3, -0.25) is 9.59 Å². The van der Waals surface area contributed by atoms with Crippen LogP contribution in [0.2, 0.25) is 0 Å². The van der Waals surface area contributed by atoms with E-state index in [-0.39, 0.29) is 17.7 Å². The fourth-order valence-corrected chi connectivity index (χ4v) is 2.75. The lowest BCUT2D eigenvalue weighted by molar-refractivity contribution is -0.118. The summed E-state index contributed by atoms with van der Waals surface area (Å²) >= 11 is 0. The SMILES string of the molecule is CC(C)C(=O)Nc1cc(C(=O)NCCCc2ccc3c(c2)OCCO3)ccn1. The van der Waals surface area contributed by atoms with E-state index in [1.807, 2.05) is 18.2 Å². The molecule has 0 spiro atoms. The van der Waals surface area contributed by atoms with E-state index in [1.54, 1.807) is 26.0 Å². The fraction of sp³-hybridized carbons (Fsp3) is 0.381. The molecule has 1 aliphatic heterocycles. The van der Waals surface area contributed by atoms with E-state index in [1.165, 1.54) is 6.20 Å². The maximum absolute atomic E-state index is 12.3. The van der Waals surface area contributed by atoms with Crippen LogP contribution in [0, 0.1) is 5.92 Å². The number of nitrogens with one attached hydrogen (secondary N) is 2. The second kappa shape index (κ2) is 9.21. The lowest BCUT2D eigenvalue weighted by Crippen LogP contribution is -2.25. The molecule has 1 aliphatic rings. The monoisotopic (exact) mass is 383 g/mol. The summed E-state index contributed by atoms with van der Waals surface area (Å²) in [5.74, 6) is 1.46. The maximum atomic E-state index is 12.3. The Hall–Kier alpha value is -3.09. The molecule has 0 unspecified atom stereocenters. The van der Waals surface area contributed by atoms with Gasteiger partial charge in [-0.1, -0.05) is 19.9 Å². The third kappa shape index (κ3) is 5.22. The Bertz CT molecular complexity index is 851. The zero-order valence-corrected chi connectivity index (χ0v) is 16.2. The minimum atomic E-state index is -0.190. The Labute approximate surface area is 164 Å². The van der Waals surface area contributed by atoms with Gasteiger partial charge < -0.3 is 20.1 Å². The first-order valence-electron chi connectivity index (χ1n) is 9.46. The second-order valence-electron chi connectivity index (χ2n) is 6.91. The molecule has 0 bridgehead atoms. The molecule has 0 saturated heterocycles. The third-order valence-electron chi connectivity index (χ3n) is 4.33. The van der Waals surface area contributed by atoms with Crippen LogP contribution in [-0.2, 0) is 11.2 Å². The minimum Gasteiger partial charge on any atom is -0.486 e. The number of carbonyl (C=O) groups is 2. The third-order valence-corrected chi connectivity index (χ3v) is 4.33. The maximum Gasteiger partial charge on any atom is 0.251 e. The van der Waals surface area contributed by atoms with E-state index >= 15 is 0 Å². The van der Waals surface area contributed by atoms with Gasteiger partial charge in [-0.15, -0.1) is 0 Å². The number of fused-ring (bicyclic) bond motifs is 1. The van der Waals surface area contributed by atoms with Crippen LogP contribution in [0.3, 0.4) is 0 Å². The number of hydrogen-bond donors (Lipinski definition) is 2. The van der Waals surface area contributed by atoms with Gasteiger partial charge in [0.05, 0.1) is 0 Å². The lowest BCUT2D eigenvalue weighted by Gasteiger charge is -2.18. The first kappa shape index (κ1) is 19.7. The van der Waals surface area contributed by atoms with Crippen molar-refractivity contribution < 1.29 is 19.1 Å². The molecule has 0 aliphatic carbocycles. The summed E-state index contributed by atoms with van der Waals surface area (Å²) in [7, 11) is 0. The summed E-state index contributed by atoms with van der Waals surface area (Å²) < 4.78 is 11.1. The van der Waals surface area contributed by atoms with Crippen molar-refractivity contribution in [2.75, 3.05) is 25.1 Å². The van der Waals surface area contributed by atoms with Gasteiger partial charge in [0.2, 0.25) is 5.91 Å². The van der Waals surface area contributed by atoms with Gasteiger partial charge in [-0.2, -0.15) is 0 Å². The molecule has 0 saturated carbocycles. The number of anilines is 1. The predicted molar refractivity (Wildman–Crippen MR) is 106 cm³/mol. The second-order valence-corrected chi connectivity index (χ2v) is 6.91. The lowest BCUT2D eigenvalue weighted by atomic mass is 10.1. The molecule has 0 radical (unpaired) electrons. The molecule has 2 heterocycles. The van der Waals surface area contributed by atoms with Gasteiger partial charge in [0.25, 0.3) is 5.91 Å². The number of aryl methyl sites for hydroxylation is 1. The van der Waals surface area contributed by atoms with E-state index in [9.17, 15) is 9.59 Å². The van der Waals surface area contributed by atoms with E-state index in [4.69, 9.17) is 9.47 Å². The van der Waals surface area contributed by atoms with Gasteiger partial charge in [0, 0.05) is 24.2 Å². The molecular formula is C21H25N3O4. The summed E-state index contributed by atoms with van der Waals surface area (Å²) in [4.78, 5) is 28.2. The summed E-state index contributed by atoms with van der Waals surface area (Å²) in [5, 5.41) is 5.60. The van der Waals surface area contributed by atoms with Gasteiger partial charge in [0.15, 0.2) is 11.5 Å². The van der Waals surface area contributed by atoms with Gasteiger partial charge in [-0.05, 0) is 42.7 Å². The van der Waals surface area contributed by atoms with Crippen molar-refractivity contribution in [3.63, 3.8) is 0 Å². The quantitative estimate of drug-likeness (QED) is 0.718. The largest absolute Gasteiger partial charge is 0.486 e. The molecule has 2 amide bonds. The van der Waals surface area contributed by atoms with Crippen molar-refractivity contribution in [1.29, 1.82) is 0 Å². The van der Waals surface area contributed by atoms with Crippen LogP contribution < -0.4 is 20.1 Å². The van der Waals surface area contributed by atoms with Crippen LogP contribution >= 0.6 is 0 Å². The topological polar surface area (TPSA) is 89.6 Å². The highest BCUT2D eigenvalue weighted by Crippen LogP contribution is 2.31. The average molecular weight is 383 g/mol. The zero-order valence-electron chi connectivity index (χ0n) is 16.2. The molecule has 2 N–H and O–H groups in total. The summed E-state index contributed by atoms with van der Waals surface area (Å²) in [5.41, 5.74) is 1.61. The number of rotatable bonds is 7. The molecule has 7 heteroatoms. The van der Waals surface area contributed by atoms with Crippen LogP contribution in [-0.4, -0.2) is 36.6 Å². The number of carbonyl (C=O) groups excluding carboxylic acids is 2. The van der Waals surface area contributed by atoms with Crippen LogP contribution in [0.4, 0.5) is 5.82 Å².